The Balaban J connectivity index is 4.61. The van der Waals surface area contributed by atoms with Gasteiger partial charge < -0.3 is 0 Å². The highest BCUT2D eigenvalue weighted by atomic mass is 14.3. The average Bonchev–Trinajstić information content (AvgIpc) is 2.35. The minimum Gasteiger partial charge on any atom is -0.0774 e. The van der Waals surface area contributed by atoms with E-state index < -0.39 is 0 Å². The zero-order chi connectivity index (χ0) is 15.9. The minimum atomic E-state index is 0.314. The van der Waals surface area contributed by atoms with Gasteiger partial charge in [0.25, 0.3) is 0 Å². The maximum atomic E-state index is 6.15. The van der Waals surface area contributed by atoms with Crippen molar-refractivity contribution >= 4 is 7.85 Å². The monoisotopic (exact) mass is 278 g/mol. The van der Waals surface area contributed by atoms with Crippen LogP contribution < -0.4 is 0 Å². The molecule has 0 aliphatic heterocycles. The molecule has 5 atom stereocenters. The molecule has 0 saturated heterocycles. The first kappa shape index (κ1) is 20.1. The molecule has 0 aromatic heterocycles. The summed E-state index contributed by atoms with van der Waals surface area (Å²) >= 11 is 0. The standard InChI is InChI=1S/C19H39B/c1-9-15(6)18(12-13(2)3)10-11-19(14(4)5)16(7)17(8)20/h13-19H,9-12H2,1-8H3. The molecule has 0 bridgehead atoms. The molecule has 0 rings (SSSR count). The second-order valence-electron chi connectivity index (χ2n) is 7.98. The number of hydrogen-bond donors (Lipinski definition) is 0. The van der Waals surface area contributed by atoms with Gasteiger partial charge in [0, 0.05) is 0 Å². The van der Waals surface area contributed by atoms with Crippen LogP contribution in [0.5, 0.6) is 0 Å². The fraction of sp³-hybridized carbons (Fsp3) is 1.00. The summed E-state index contributed by atoms with van der Waals surface area (Å²) in [6, 6.07) is 0. The SMILES string of the molecule is [B]C(C)C(C)C(CCC(CC(C)C)C(C)CC)C(C)C. The molecule has 0 aromatic carbocycles. The molecule has 0 fully saturated rings. The van der Waals surface area contributed by atoms with Crippen molar-refractivity contribution in [1.29, 1.82) is 0 Å². The van der Waals surface area contributed by atoms with Gasteiger partial charge in [0.2, 0.25) is 0 Å². The molecule has 1 heteroatoms. The zero-order valence-corrected chi connectivity index (χ0v) is 15.4. The second kappa shape index (κ2) is 9.90. The van der Waals surface area contributed by atoms with E-state index >= 15 is 0 Å². The Morgan fingerprint density at radius 3 is 1.75 bits per heavy atom. The Labute approximate surface area is 130 Å². The van der Waals surface area contributed by atoms with E-state index in [9.17, 15) is 0 Å². The van der Waals surface area contributed by atoms with Crippen LogP contribution in [0.4, 0.5) is 0 Å². The fourth-order valence-corrected chi connectivity index (χ4v) is 3.57. The highest BCUT2D eigenvalue weighted by Gasteiger charge is 2.25. The maximum Gasteiger partial charge on any atom is 0.0699 e. The van der Waals surface area contributed by atoms with E-state index in [4.69, 9.17) is 7.85 Å². The summed E-state index contributed by atoms with van der Waals surface area (Å²) in [4.78, 5) is 0. The molecule has 0 aliphatic rings. The Hall–Kier alpha value is 0.0649. The number of rotatable bonds is 10. The smallest absolute Gasteiger partial charge is 0.0699 e. The van der Waals surface area contributed by atoms with Gasteiger partial charge in [-0.2, -0.15) is 0 Å². The van der Waals surface area contributed by atoms with Gasteiger partial charge in [0.15, 0.2) is 0 Å². The van der Waals surface area contributed by atoms with Crippen molar-refractivity contribution in [2.45, 2.75) is 86.9 Å². The first-order valence-electron chi connectivity index (χ1n) is 8.96. The highest BCUT2D eigenvalue weighted by molar-refractivity contribution is 6.11. The third-order valence-corrected chi connectivity index (χ3v) is 5.45. The predicted molar refractivity (Wildman–Crippen MR) is 94.3 cm³/mol. The molecule has 0 nitrogen and oxygen atoms in total. The van der Waals surface area contributed by atoms with Gasteiger partial charge in [-0.1, -0.05) is 67.6 Å². The van der Waals surface area contributed by atoms with Gasteiger partial charge in [-0.15, -0.1) is 0 Å². The van der Waals surface area contributed by atoms with E-state index in [1.54, 1.807) is 0 Å². The van der Waals surface area contributed by atoms with Crippen LogP contribution in [0, 0.1) is 35.5 Å². The topological polar surface area (TPSA) is 0 Å². The van der Waals surface area contributed by atoms with E-state index in [0.29, 0.717) is 11.7 Å². The lowest BCUT2D eigenvalue weighted by atomic mass is 9.67. The minimum absolute atomic E-state index is 0.314. The van der Waals surface area contributed by atoms with Crippen LogP contribution in [0.3, 0.4) is 0 Å². The van der Waals surface area contributed by atoms with E-state index in [1.165, 1.54) is 25.7 Å². The van der Waals surface area contributed by atoms with Gasteiger partial charge in [-0.25, -0.2) is 0 Å². The summed E-state index contributed by atoms with van der Waals surface area (Å²) in [5, 5.41) is 0. The molecule has 0 N–H and O–H groups in total. The molecule has 5 unspecified atom stereocenters. The van der Waals surface area contributed by atoms with E-state index in [-0.39, 0.29) is 0 Å². The lowest BCUT2D eigenvalue weighted by Gasteiger charge is -2.33. The molecular formula is C19H39B. The van der Waals surface area contributed by atoms with E-state index in [2.05, 4.69) is 55.4 Å². The maximum absolute atomic E-state index is 6.15. The zero-order valence-electron chi connectivity index (χ0n) is 15.4. The van der Waals surface area contributed by atoms with Crippen molar-refractivity contribution in [3.8, 4) is 0 Å². The largest absolute Gasteiger partial charge is 0.0774 e. The van der Waals surface area contributed by atoms with Crippen molar-refractivity contribution in [2.24, 2.45) is 35.5 Å². The van der Waals surface area contributed by atoms with Crippen molar-refractivity contribution in [3.63, 3.8) is 0 Å². The van der Waals surface area contributed by atoms with Crippen molar-refractivity contribution < 1.29 is 0 Å². The lowest BCUT2D eigenvalue weighted by Crippen LogP contribution is -2.23. The highest BCUT2D eigenvalue weighted by Crippen LogP contribution is 2.36. The Morgan fingerprint density at radius 1 is 0.850 bits per heavy atom. The summed E-state index contributed by atoms with van der Waals surface area (Å²) in [6.07, 6.45) is 5.42. The summed E-state index contributed by atoms with van der Waals surface area (Å²) in [7, 11) is 6.15. The second-order valence-corrected chi connectivity index (χ2v) is 7.98. The molecule has 0 amide bonds. The molecule has 118 valence electrons. The normalized spacial score (nSPS) is 19.9. The summed E-state index contributed by atoms with van der Waals surface area (Å²) in [6.45, 7) is 18.7. The first-order chi connectivity index (χ1) is 9.20. The van der Waals surface area contributed by atoms with Crippen molar-refractivity contribution in [1.82, 2.24) is 0 Å². The van der Waals surface area contributed by atoms with Gasteiger partial charge >= 0.3 is 0 Å². The molecular weight excluding hydrogens is 239 g/mol. The summed E-state index contributed by atoms with van der Waals surface area (Å²) in [5.74, 6) is 5.03. The van der Waals surface area contributed by atoms with Crippen LogP contribution in [0.25, 0.3) is 0 Å². The third-order valence-electron chi connectivity index (χ3n) is 5.45. The predicted octanol–water partition coefficient (Wildman–Crippen LogP) is 6.36. The molecule has 0 aliphatic carbocycles. The summed E-state index contributed by atoms with van der Waals surface area (Å²) in [5.41, 5.74) is 0. The van der Waals surface area contributed by atoms with Gasteiger partial charge in [-0.05, 0) is 54.8 Å². The molecule has 20 heavy (non-hydrogen) atoms. The lowest BCUT2D eigenvalue weighted by molar-refractivity contribution is 0.197. The average molecular weight is 278 g/mol. The fourth-order valence-electron chi connectivity index (χ4n) is 3.57. The number of hydrogen-bond acceptors (Lipinski definition) is 0. The van der Waals surface area contributed by atoms with Crippen LogP contribution in [0.15, 0.2) is 0 Å². The van der Waals surface area contributed by atoms with Gasteiger partial charge in [-0.3, -0.25) is 0 Å². The van der Waals surface area contributed by atoms with Crippen LogP contribution in [-0.4, -0.2) is 7.85 Å². The van der Waals surface area contributed by atoms with E-state index in [0.717, 1.165) is 29.6 Å². The first-order valence-corrected chi connectivity index (χ1v) is 8.96. The Morgan fingerprint density at radius 2 is 1.40 bits per heavy atom. The van der Waals surface area contributed by atoms with Crippen LogP contribution in [0.2, 0.25) is 5.82 Å². The van der Waals surface area contributed by atoms with Crippen molar-refractivity contribution in [3.05, 3.63) is 0 Å². The van der Waals surface area contributed by atoms with Gasteiger partial charge in [0.05, 0.1) is 7.85 Å². The quantitative estimate of drug-likeness (QED) is 0.408. The third kappa shape index (κ3) is 7.18. The van der Waals surface area contributed by atoms with Crippen LogP contribution >= 0.6 is 0 Å². The van der Waals surface area contributed by atoms with Crippen LogP contribution in [-0.2, 0) is 0 Å². The molecule has 0 aromatic rings. The van der Waals surface area contributed by atoms with E-state index in [1.807, 2.05) is 0 Å². The molecule has 0 heterocycles. The Bertz CT molecular complexity index is 232. The Kier molecular flexibility index (Phi) is 9.94. The van der Waals surface area contributed by atoms with Crippen LogP contribution in [0.1, 0.15) is 81.1 Å². The molecule has 0 spiro atoms. The van der Waals surface area contributed by atoms with Gasteiger partial charge in [0.1, 0.15) is 0 Å². The molecule has 2 radical (unpaired) electrons. The van der Waals surface area contributed by atoms with Crippen molar-refractivity contribution in [2.75, 3.05) is 0 Å². The summed E-state index contributed by atoms with van der Waals surface area (Å²) < 4.78 is 0. The molecule has 0 saturated carbocycles.